The summed E-state index contributed by atoms with van der Waals surface area (Å²) in [6.07, 6.45) is -14.0. The van der Waals surface area contributed by atoms with Gasteiger partial charge < -0.3 is 84.0 Å². The third-order valence-corrected chi connectivity index (χ3v) is 8.74. The van der Waals surface area contributed by atoms with E-state index >= 15 is 0 Å². The number of aromatic hydroxyl groups is 3. The minimum atomic E-state index is -1.83. The number of ether oxygens (including phenoxy) is 5. The first-order chi connectivity index (χ1) is 25.7. The van der Waals surface area contributed by atoms with Gasteiger partial charge in [-0.15, -0.1) is 0 Å². The summed E-state index contributed by atoms with van der Waals surface area (Å²) in [5.41, 5.74) is 0.180. The van der Waals surface area contributed by atoms with Crippen molar-refractivity contribution in [3.05, 3.63) is 82.5 Å². The van der Waals surface area contributed by atoms with Crippen LogP contribution in [0, 0.1) is 0 Å². The van der Waals surface area contributed by atoms with Gasteiger partial charge in [0, 0.05) is 17.7 Å². The number of esters is 1. The molecule has 2 saturated heterocycles. The zero-order valence-electron chi connectivity index (χ0n) is 27.9. The first kappa shape index (κ1) is 38.4. The standard InChI is InChI=1S/C36H36O18/c37-13-25-28(43)30(45)32(47)35(53-25)51-23-9-15(1-7-20(23)40)2-8-27(42)49-14-26-29(44)31(46)33(48)36(54-26)52-24-12-19-21(41)10-18(39)11-22(19)50-34(24)16-3-5-17(38)6-4-16/h1-12,25-26,28-33,35-38,40-41,43-48H,13-14H2/p+1/t25-,26-,28-,29-,30+,31+,32-,33-,35-,36-/m1/s1. The maximum atomic E-state index is 12.0. The van der Waals surface area contributed by atoms with Gasteiger partial charge in [-0.2, -0.15) is 0 Å². The summed E-state index contributed by atoms with van der Waals surface area (Å²) in [6.45, 7) is -1.27. The van der Waals surface area contributed by atoms with E-state index in [4.69, 9.17) is 28.1 Å². The molecule has 0 unspecified atom stereocenters. The molecule has 2 fully saturated rings. The van der Waals surface area contributed by atoms with Crippen LogP contribution in [0.2, 0.25) is 0 Å². The Morgan fingerprint density at radius 1 is 0.722 bits per heavy atom. The van der Waals surface area contributed by atoms with Crippen LogP contribution in [0.15, 0.2) is 76.0 Å². The van der Waals surface area contributed by atoms with Gasteiger partial charge in [-0.3, -0.25) is 4.79 Å². The van der Waals surface area contributed by atoms with E-state index in [2.05, 4.69) is 0 Å². The summed E-state index contributed by atoms with van der Waals surface area (Å²) in [6, 6.07) is 13.0. The van der Waals surface area contributed by atoms with Gasteiger partial charge in [-0.1, -0.05) is 6.07 Å². The van der Waals surface area contributed by atoms with Crippen molar-refractivity contribution in [2.24, 2.45) is 0 Å². The van der Waals surface area contributed by atoms with Crippen molar-refractivity contribution in [3.8, 4) is 51.4 Å². The minimum absolute atomic E-state index is 0.00816. The van der Waals surface area contributed by atoms with Crippen LogP contribution >= 0.6 is 0 Å². The lowest BCUT2D eigenvalue weighted by Crippen LogP contribution is -2.60. The van der Waals surface area contributed by atoms with E-state index in [9.17, 15) is 60.7 Å². The zero-order chi connectivity index (χ0) is 38.8. The summed E-state index contributed by atoms with van der Waals surface area (Å²) in [5.74, 6) is -1.96. The fraction of sp³-hybridized carbons (Fsp3) is 0.333. The Kier molecular flexibility index (Phi) is 11.4. The van der Waals surface area contributed by atoms with E-state index < -0.39 is 97.5 Å². The number of hydrogen-bond donors (Lipinski definition) is 10. The SMILES string of the molecule is O=c1cc2oc(-c3ccc(O)cc3)c(O[C@@H]3O[C@H](COC(=[OH+])C=Cc4ccc(O)c(O[C@@H]5O[C@H](CO)[C@@H](O)[C@H](O)[C@H]5O)c4)[C@@H](O)[C@H](O)[C@H]3O)cc-2c(O)c1. The van der Waals surface area contributed by atoms with E-state index in [0.29, 0.717) is 11.1 Å². The molecule has 0 amide bonds. The van der Waals surface area contributed by atoms with E-state index in [1.165, 1.54) is 54.6 Å². The maximum Gasteiger partial charge on any atom is 0.510 e. The van der Waals surface area contributed by atoms with E-state index in [-0.39, 0.29) is 34.3 Å². The fourth-order valence-corrected chi connectivity index (χ4v) is 5.75. The predicted molar refractivity (Wildman–Crippen MR) is 182 cm³/mol. The number of carbonyl (C=O) groups excluding carboxylic acids is 1. The normalized spacial score (nSPS) is 28.6. The molecule has 2 aromatic rings. The lowest BCUT2D eigenvalue weighted by Gasteiger charge is -2.39. The quantitative estimate of drug-likeness (QED) is 0.0534. The topological polar surface area (TPSA) is 300 Å². The van der Waals surface area contributed by atoms with Gasteiger partial charge in [0.05, 0.1) is 18.2 Å². The number of phenolic OH excluding ortho intramolecular Hbond substituents is 3. The van der Waals surface area contributed by atoms with Crippen LogP contribution in [-0.2, 0) is 14.2 Å². The summed E-state index contributed by atoms with van der Waals surface area (Å²) in [7, 11) is 0. The average molecular weight is 758 g/mol. The van der Waals surface area contributed by atoms with Crippen LogP contribution < -0.4 is 14.9 Å². The summed E-state index contributed by atoms with van der Waals surface area (Å²) in [5, 5.41) is 102. The number of phenols is 3. The van der Waals surface area contributed by atoms with Crippen molar-refractivity contribution in [1.82, 2.24) is 0 Å². The predicted octanol–water partition coefficient (Wildman–Crippen LogP) is -0.874. The van der Waals surface area contributed by atoms with Gasteiger partial charge >= 0.3 is 5.97 Å². The third-order valence-electron chi connectivity index (χ3n) is 8.74. The molecule has 54 heavy (non-hydrogen) atoms. The highest BCUT2D eigenvalue weighted by atomic mass is 16.7. The Bertz CT molecular complexity index is 1990. The Morgan fingerprint density at radius 2 is 1.35 bits per heavy atom. The first-order valence-electron chi connectivity index (χ1n) is 16.4. The highest BCUT2D eigenvalue weighted by molar-refractivity contribution is 5.88. The third kappa shape index (κ3) is 8.11. The Morgan fingerprint density at radius 3 is 2.02 bits per heavy atom. The maximum absolute atomic E-state index is 12.0. The molecule has 1 aliphatic carbocycles. The van der Waals surface area contributed by atoms with Gasteiger partial charge in [-0.25, -0.2) is 0 Å². The van der Waals surface area contributed by atoms with E-state index in [1.807, 2.05) is 0 Å². The molecule has 0 aromatic heterocycles. The molecule has 0 spiro atoms. The van der Waals surface area contributed by atoms with Crippen LogP contribution in [0.5, 0.6) is 28.7 Å². The Balaban J connectivity index is 1.14. The molecule has 0 bridgehead atoms. The van der Waals surface area contributed by atoms with Gasteiger partial charge in [-0.05, 0) is 54.1 Å². The van der Waals surface area contributed by atoms with Crippen LogP contribution in [0.3, 0.4) is 0 Å². The summed E-state index contributed by atoms with van der Waals surface area (Å²) < 4.78 is 33.7. The van der Waals surface area contributed by atoms with Crippen molar-refractivity contribution in [2.75, 3.05) is 13.2 Å². The number of rotatable bonds is 10. The number of aliphatic hydroxyl groups is 7. The molecule has 6 rings (SSSR count). The number of fused-ring (bicyclic) bond motifs is 1. The van der Waals surface area contributed by atoms with Crippen LogP contribution in [0.4, 0.5) is 0 Å². The molecule has 0 radical (unpaired) electrons. The molecule has 3 heterocycles. The molecular formula is C36H37O18+. The molecule has 288 valence electrons. The highest BCUT2D eigenvalue weighted by Gasteiger charge is 2.47. The van der Waals surface area contributed by atoms with Crippen molar-refractivity contribution in [1.29, 1.82) is 0 Å². The van der Waals surface area contributed by atoms with Crippen molar-refractivity contribution < 1.29 is 84.0 Å². The van der Waals surface area contributed by atoms with Crippen LogP contribution in [0.25, 0.3) is 28.7 Å². The molecule has 2 aromatic carbocycles. The lowest BCUT2D eigenvalue weighted by atomic mass is 9.99. The second-order valence-corrected chi connectivity index (χ2v) is 12.5. The van der Waals surface area contributed by atoms with Gasteiger partial charge in [0.15, 0.2) is 34.5 Å². The average Bonchev–Trinajstić information content (AvgIpc) is 3.15. The van der Waals surface area contributed by atoms with Crippen molar-refractivity contribution >= 4 is 12.0 Å². The van der Waals surface area contributed by atoms with Crippen molar-refractivity contribution in [3.63, 3.8) is 0 Å². The molecular weight excluding hydrogens is 720 g/mol. The molecule has 11 N–H and O–H groups in total. The van der Waals surface area contributed by atoms with E-state index in [1.54, 1.807) is 0 Å². The highest BCUT2D eigenvalue weighted by Crippen LogP contribution is 2.42. The van der Waals surface area contributed by atoms with Gasteiger partial charge in [0.25, 0.3) is 0 Å². The van der Waals surface area contributed by atoms with Crippen LogP contribution in [0.1, 0.15) is 5.56 Å². The summed E-state index contributed by atoms with van der Waals surface area (Å²) >= 11 is 0. The van der Waals surface area contributed by atoms with Gasteiger partial charge in [0.2, 0.25) is 19.2 Å². The molecule has 18 heteroatoms. The van der Waals surface area contributed by atoms with E-state index in [0.717, 1.165) is 18.2 Å². The monoisotopic (exact) mass is 757 g/mol. The number of benzene rings is 3. The molecule has 4 aliphatic rings. The van der Waals surface area contributed by atoms with Crippen molar-refractivity contribution in [2.45, 2.75) is 61.4 Å². The fourth-order valence-electron chi connectivity index (χ4n) is 5.75. The molecule has 18 nitrogen and oxygen atoms in total. The molecule has 0 saturated carbocycles. The van der Waals surface area contributed by atoms with Gasteiger partial charge in [0.1, 0.15) is 60.0 Å². The largest absolute Gasteiger partial charge is 0.510 e. The second kappa shape index (κ2) is 16.0. The van der Waals surface area contributed by atoms with Crippen LogP contribution in [-0.4, -0.2) is 136 Å². The number of aliphatic hydroxyl groups excluding tert-OH is 7. The summed E-state index contributed by atoms with van der Waals surface area (Å²) in [4.78, 5) is 22.5. The lowest BCUT2D eigenvalue weighted by molar-refractivity contribution is -0.277. The Labute approximate surface area is 304 Å². The smallest absolute Gasteiger partial charge is 0.508 e. The zero-order valence-corrected chi connectivity index (χ0v) is 27.9. The molecule has 3 aliphatic heterocycles. The first-order valence-corrected chi connectivity index (χ1v) is 16.4. The Hall–Kier alpha value is -5.28. The second-order valence-electron chi connectivity index (χ2n) is 12.5. The number of hydrogen-bond acceptors (Lipinski definition) is 17. The molecule has 10 atom stereocenters. The minimum Gasteiger partial charge on any atom is -0.508 e.